The van der Waals surface area contributed by atoms with Gasteiger partial charge in [0.1, 0.15) is 0 Å². The Morgan fingerprint density at radius 1 is 0.233 bits per heavy atom. The largest absolute Gasteiger partial charge is 0.310 e. The van der Waals surface area contributed by atoms with Gasteiger partial charge in [-0.3, -0.25) is 0 Å². The summed E-state index contributed by atoms with van der Waals surface area (Å²) in [4.78, 5) is 2.56. The second-order valence-electron chi connectivity index (χ2n) is 20.2. The molecule has 2 spiro atoms. The molecular formula is C72H45N. The summed E-state index contributed by atoms with van der Waals surface area (Å²) < 4.78 is 0. The van der Waals surface area contributed by atoms with Gasteiger partial charge in [-0.2, -0.15) is 0 Å². The molecule has 0 radical (unpaired) electrons. The molecule has 0 heterocycles. The van der Waals surface area contributed by atoms with E-state index in [0.717, 1.165) is 17.1 Å². The van der Waals surface area contributed by atoms with Crippen LogP contribution in [0.4, 0.5) is 17.1 Å². The van der Waals surface area contributed by atoms with Crippen LogP contribution in [0, 0.1) is 0 Å². The van der Waals surface area contributed by atoms with Crippen LogP contribution in [0.2, 0.25) is 0 Å². The van der Waals surface area contributed by atoms with Crippen molar-refractivity contribution < 1.29 is 0 Å². The van der Waals surface area contributed by atoms with E-state index in [1.165, 1.54) is 122 Å². The maximum absolute atomic E-state index is 2.56. The Labute approximate surface area is 425 Å². The van der Waals surface area contributed by atoms with Crippen LogP contribution < -0.4 is 4.90 Å². The average molecular weight is 924 g/mol. The van der Waals surface area contributed by atoms with Crippen molar-refractivity contribution in [3.63, 3.8) is 0 Å². The maximum Gasteiger partial charge on any atom is 0.0726 e. The van der Waals surface area contributed by atoms with Crippen molar-refractivity contribution in [2.75, 3.05) is 4.90 Å². The Hall–Kier alpha value is -9.30. The molecular weight excluding hydrogens is 879 g/mol. The molecule has 16 rings (SSSR count). The van der Waals surface area contributed by atoms with Crippen molar-refractivity contribution in [1.29, 1.82) is 0 Å². The predicted octanol–water partition coefficient (Wildman–Crippen LogP) is 18.3. The molecule has 0 amide bonds. The van der Waals surface area contributed by atoms with Gasteiger partial charge in [0.25, 0.3) is 0 Å². The molecule has 0 N–H and O–H groups in total. The first-order valence-electron chi connectivity index (χ1n) is 25.6. The molecule has 338 valence electrons. The van der Waals surface area contributed by atoms with Crippen molar-refractivity contribution in [3.05, 3.63) is 317 Å². The van der Waals surface area contributed by atoms with E-state index in [4.69, 9.17) is 0 Å². The van der Waals surface area contributed by atoms with Crippen LogP contribution >= 0.6 is 0 Å². The molecule has 0 fully saturated rings. The van der Waals surface area contributed by atoms with Crippen LogP contribution in [0.1, 0.15) is 44.5 Å². The van der Waals surface area contributed by atoms with Gasteiger partial charge in [-0.15, -0.1) is 0 Å². The van der Waals surface area contributed by atoms with Crippen LogP contribution in [-0.4, -0.2) is 0 Å². The molecule has 0 saturated carbocycles. The average Bonchev–Trinajstić information content (AvgIpc) is 4.16. The number of nitrogens with zero attached hydrogens (tertiary/aromatic N) is 1. The molecule has 0 saturated heterocycles. The molecule has 73 heavy (non-hydrogen) atoms. The number of hydrogen-bond acceptors (Lipinski definition) is 1. The quantitative estimate of drug-likeness (QED) is 0.166. The minimum Gasteiger partial charge on any atom is -0.310 e. The first-order chi connectivity index (χ1) is 36.2. The Kier molecular flexibility index (Phi) is 8.37. The van der Waals surface area contributed by atoms with E-state index in [-0.39, 0.29) is 0 Å². The number of hydrogen-bond donors (Lipinski definition) is 0. The molecule has 12 aromatic rings. The van der Waals surface area contributed by atoms with Crippen molar-refractivity contribution in [1.82, 2.24) is 0 Å². The Balaban J connectivity index is 0.965. The summed E-state index contributed by atoms with van der Waals surface area (Å²) in [6.07, 6.45) is 0. The van der Waals surface area contributed by atoms with Crippen molar-refractivity contribution in [2.24, 2.45) is 0 Å². The third kappa shape index (κ3) is 5.25. The molecule has 0 bridgehead atoms. The van der Waals surface area contributed by atoms with E-state index < -0.39 is 10.8 Å². The second kappa shape index (κ2) is 15.1. The summed E-state index contributed by atoms with van der Waals surface area (Å²) in [5.41, 5.74) is 28.3. The van der Waals surface area contributed by atoms with E-state index in [0.29, 0.717) is 0 Å². The number of anilines is 3. The number of benzene rings is 12. The third-order valence-corrected chi connectivity index (χ3v) is 16.9. The maximum atomic E-state index is 2.56. The van der Waals surface area contributed by atoms with Gasteiger partial charge in [0.2, 0.25) is 0 Å². The topological polar surface area (TPSA) is 3.24 Å². The van der Waals surface area contributed by atoms with E-state index in [1.807, 2.05) is 0 Å². The minimum absolute atomic E-state index is 0.477. The zero-order valence-electron chi connectivity index (χ0n) is 39.9. The third-order valence-electron chi connectivity index (χ3n) is 16.9. The van der Waals surface area contributed by atoms with Gasteiger partial charge in [-0.25, -0.2) is 0 Å². The van der Waals surface area contributed by atoms with Crippen LogP contribution in [0.5, 0.6) is 0 Å². The number of fused-ring (bicyclic) bond motifs is 21. The van der Waals surface area contributed by atoms with Crippen molar-refractivity contribution >= 4 is 27.8 Å². The Bertz CT molecular complexity index is 4160. The van der Waals surface area contributed by atoms with Gasteiger partial charge in [0.15, 0.2) is 0 Å². The van der Waals surface area contributed by atoms with Gasteiger partial charge in [-0.1, -0.05) is 243 Å². The molecule has 12 aromatic carbocycles. The first kappa shape index (κ1) is 40.4. The van der Waals surface area contributed by atoms with Crippen LogP contribution in [0.25, 0.3) is 77.5 Å². The summed E-state index contributed by atoms with van der Waals surface area (Å²) in [6, 6.07) is 103. The second-order valence-corrected chi connectivity index (χ2v) is 20.2. The molecule has 0 atom stereocenters. The van der Waals surface area contributed by atoms with Gasteiger partial charge < -0.3 is 4.90 Å². The Morgan fingerprint density at radius 3 is 1.23 bits per heavy atom. The highest BCUT2D eigenvalue weighted by Crippen LogP contribution is 2.66. The fraction of sp³-hybridized carbons (Fsp3) is 0.0278. The normalized spacial score (nSPS) is 14.0. The van der Waals surface area contributed by atoms with E-state index in [1.54, 1.807) is 0 Å². The monoisotopic (exact) mass is 923 g/mol. The lowest BCUT2D eigenvalue weighted by Gasteiger charge is -2.33. The molecule has 4 aliphatic rings. The summed E-state index contributed by atoms with van der Waals surface area (Å²) in [7, 11) is 0. The molecule has 0 unspecified atom stereocenters. The fourth-order valence-electron chi connectivity index (χ4n) is 14.2. The first-order valence-corrected chi connectivity index (χ1v) is 25.6. The van der Waals surface area contributed by atoms with Crippen LogP contribution in [-0.2, 0) is 10.8 Å². The molecule has 0 aromatic heterocycles. The molecule has 0 aliphatic heterocycles. The highest BCUT2D eigenvalue weighted by Gasteiger charge is 2.54. The smallest absolute Gasteiger partial charge is 0.0726 e. The van der Waals surface area contributed by atoms with Crippen molar-refractivity contribution in [3.8, 4) is 66.8 Å². The van der Waals surface area contributed by atoms with Crippen molar-refractivity contribution in [2.45, 2.75) is 10.8 Å². The van der Waals surface area contributed by atoms with Gasteiger partial charge in [-0.05, 0) is 147 Å². The summed E-state index contributed by atoms with van der Waals surface area (Å²) >= 11 is 0. The zero-order valence-corrected chi connectivity index (χ0v) is 39.9. The van der Waals surface area contributed by atoms with Crippen LogP contribution in [0.3, 0.4) is 0 Å². The van der Waals surface area contributed by atoms with E-state index in [2.05, 4.69) is 278 Å². The molecule has 4 aliphatic carbocycles. The van der Waals surface area contributed by atoms with Crippen LogP contribution in [0.15, 0.2) is 273 Å². The highest BCUT2D eigenvalue weighted by atomic mass is 15.1. The predicted molar refractivity (Wildman–Crippen MR) is 302 cm³/mol. The van der Waals surface area contributed by atoms with Gasteiger partial charge in [0, 0.05) is 16.9 Å². The highest BCUT2D eigenvalue weighted by molar-refractivity contribution is 6.06. The summed E-state index contributed by atoms with van der Waals surface area (Å²) in [5.74, 6) is 0. The number of rotatable bonds is 5. The SMILES string of the molecule is c1ccc(-c2c(-c3ccc(N(c4ccc5c(c4)C4(c6ccccc6-c6ccccc64)c4ccccc4-5)c4cccc5c4-c4ccccc4C54c5ccccc5-c5ccccc54)cc3)ccc3ccccc23)cc1. The Morgan fingerprint density at radius 2 is 0.658 bits per heavy atom. The lowest BCUT2D eigenvalue weighted by atomic mass is 9.70. The summed E-state index contributed by atoms with van der Waals surface area (Å²) in [5, 5.41) is 2.49. The standard InChI is InChI=1S/C72H45N/c1-2-20-48(21-3-1)69-51-22-5-4-19-46(51)39-43-52(69)47-37-40-49(41-38-47)73(50-42-44-58-57-27-10-16-33-64(57)72(67(58)45-50)62-31-14-8-25-55(62)56-26-9-15-32-63(56)72)68-36-18-35-66-70(68)59-28-11-17-34-65(59)71(66)60-29-12-6-23-53(60)54-24-7-13-30-61(54)71/h1-45H. The van der Waals surface area contributed by atoms with Gasteiger partial charge >= 0.3 is 0 Å². The molecule has 1 heteroatoms. The minimum atomic E-state index is -0.485. The van der Waals surface area contributed by atoms with E-state index in [9.17, 15) is 0 Å². The molecule has 1 nitrogen and oxygen atoms in total. The fourth-order valence-corrected chi connectivity index (χ4v) is 14.2. The summed E-state index contributed by atoms with van der Waals surface area (Å²) in [6.45, 7) is 0. The zero-order chi connectivity index (χ0) is 47.8. The lowest BCUT2D eigenvalue weighted by molar-refractivity contribution is 0.793. The lowest BCUT2D eigenvalue weighted by Crippen LogP contribution is -2.26. The van der Waals surface area contributed by atoms with E-state index >= 15 is 0 Å². The van der Waals surface area contributed by atoms with Gasteiger partial charge in [0.05, 0.1) is 16.5 Å².